The van der Waals surface area contributed by atoms with Gasteiger partial charge in [-0.25, -0.2) is 9.59 Å². The Morgan fingerprint density at radius 1 is 1.09 bits per heavy atom. The van der Waals surface area contributed by atoms with E-state index >= 15 is 0 Å². The number of nitrogens with one attached hydrogen (secondary N) is 1. The van der Waals surface area contributed by atoms with Crippen LogP contribution in [0.1, 0.15) is 0 Å². The van der Waals surface area contributed by atoms with Crippen molar-refractivity contribution in [3.63, 3.8) is 0 Å². The molecular formula is C6H11N3O2. The third-order valence-corrected chi connectivity index (χ3v) is 1.68. The van der Waals surface area contributed by atoms with Crippen LogP contribution in [0, 0.1) is 0 Å². The molecule has 5 heteroatoms. The topological polar surface area (TPSA) is 52.6 Å². The molecule has 1 aliphatic heterocycles. The van der Waals surface area contributed by atoms with Crippen LogP contribution < -0.4 is 5.32 Å². The zero-order chi connectivity index (χ0) is 8.43. The lowest BCUT2D eigenvalue weighted by molar-refractivity contribution is 0.208. The SMILES string of the molecule is CN1CCN(C)C(=O)NC1=O. The molecule has 0 unspecified atom stereocenters. The maximum atomic E-state index is 10.9. The van der Waals surface area contributed by atoms with E-state index in [0.717, 1.165) is 0 Å². The second kappa shape index (κ2) is 2.77. The first-order valence-corrected chi connectivity index (χ1v) is 3.38. The van der Waals surface area contributed by atoms with Crippen LogP contribution in [0.15, 0.2) is 0 Å². The number of likely N-dealkylation sites (N-methyl/N-ethyl adjacent to an activating group) is 2. The van der Waals surface area contributed by atoms with Crippen LogP contribution in [0.4, 0.5) is 9.59 Å². The third kappa shape index (κ3) is 1.60. The highest BCUT2D eigenvalue weighted by Gasteiger charge is 2.20. The molecule has 1 aliphatic rings. The van der Waals surface area contributed by atoms with Crippen LogP contribution in [-0.4, -0.2) is 49.0 Å². The van der Waals surface area contributed by atoms with Gasteiger partial charge in [-0.05, 0) is 0 Å². The van der Waals surface area contributed by atoms with Gasteiger partial charge in [0.15, 0.2) is 0 Å². The molecule has 1 rings (SSSR count). The van der Waals surface area contributed by atoms with Gasteiger partial charge in [-0.15, -0.1) is 0 Å². The quantitative estimate of drug-likeness (QED) is 0.524. The number of hydrogen-bond acceptors (Lipinski definition) is 2. The highest BCUT2D eigenvalue weighted by atomic mass is 16.2. The molecule has 11 heavy (non-hydrogen) atoms. The number of rotatable bonds is 0. The van der Waals surface area contributed by atoms with Crippen molar-refractivity contribution in [2.24, 2.45) is 0 Å². The van der Waals surface area contributed by atoms with Gasteiger partial charge >= 0.3 is 12.1 Å². The minimum absolute atomic E-state index is 0.334. The van der Waals surface area contributed by atoms with Gasteiger partial charge in [0.25, 0.3) is 0 Å². The molecule has 0 aliphatic carbocycles. The molecular weight excluding hydrogens is 146 g/mol. The van der Waals surface area contributed by atoms with E-state index in [1.165, 1.54) is 9.80 Å². The lowest BCUT2D eigenvalue weighted by Gasteiger charge is -2.12. The highest BCUT2D eigenvalue weighted by molar-refractivity contribution is 5.93. The number of imide groups is 1. The van der Waals surface area contributed by atoms with E-state index in [1.807, 2.05) is 0 Å². The van der Waals surface area contributed by atoms with Crippen LogP contribution in [0.2, 0.25) is 0 Å². The number of urea groups is 2. The summed E-state index contributed by atoms with van der Waals surface area (Å²) in [5.74, 6) is 0. The Hall–Kier alpha value is -1.26. The monoisotopic (exact) mass is 157 g/mol. The molecule has 0 aromatic carbocycles. The minimum atomic E-state index is -0.334. The standard InChI is InChI=1S/C6H11N3O2/c1-8-3-4-9(2)6(11)7-5(8)10/h3-4H2,1-2H3,(H,7,10,11). The summed E-state index contributed by atoms with van der Waals surface area (Å²) < 4.78 is 0. The Morgan fingerprint density at radius 3 is 1.82 bits per heavy atom. The van der Waals surface area contributed by atoms with Gasteiger partial charge in [0.1, 0.15) is 0 Å². The summed E-state index contributed by atoms with van der Waals surface area (Å²) in [6, 6.07) is -0.668. The Morgan fingerprint density at radius 2 is 1.45 bits per heavy atom. The van der Waals surface area contributed by atoms with Gasteiger partial charge in [0.05, 0.1) is 0 Å². The molecule has 1 N–H and O–H groups in total. The van der Waals surface area contributed by atoms with Crippen molar-refractivity contribution in [2.45, 2.75) is 0 Å². The van der Waals surface area contributed by atoms with Gasteiger partial charge in [-0.3, -0.25) is 5.32 Å². The van der Waals surface area contributed by atoms with E-state index in [-0.39, 0.29) is 12.1 Å². The Kier molecular flexibility index (Phi) is 1.98. The fourth-order valence-electron chi connectivity index (χ4n) is 0.785. The smallest absolute Gasteiger partial charge is 0.325 e. The maximum absolute atomic E-state index is 10.9. The molecule has 0 atom stereocenters. The van der Waals surface area contributed by atoms with Crippen LogP contribution in [0.25, 0.3) is 0 Å². The average molecular weight is 157 g/mol. The third-order valence-electron chi connectivity index (χ3n) is 1.68. The van der Waals surface area contributed by atoms with E-state index in [2.05, 4.69) is 5.32 Å². The summed E-state index contributed by atoms with van der Waals surface area (Å²) in [7, 11) is 3.31. The molecule has 0 saturated carbocycles. The van der Waals surface area contributed by atoms with E-state index < -0.39 is 0 Å². The Bertz CT molecular complexity index is 172. The fraction of sp³-hybridized carbons (Fsp3) is 0.667. The van der Waals surface area contributed by atoms with Crippen molar-refractivity contribution in [1.82, 2.24) is 15.1 Å². The normalized spacial score (nSPS) is 19.8. The fourth-order valence-corrected chi connectivity index (χ4v) is 0.785. The van der Waals surface area contributed by atoms with Crippen LogP contribution in [-0.2, 0) is 0 Å². The van der Waals surface area contributed by atoms with Crippen molar-refractivity contribution < 1.29 is 9.59 Å². The van der Waals surface area contributed by atoms with Gasteiger partial charge < -0.3 is 9.80 Å². The molecule has 0 spiro atoms. The number of nitrogens with zero attached hydrogens (tertiary/aromatic N) is 2. The Balaban J connectivity index is 2.66. The van der Waals surface area contributed by atoms with E-state index in [0.29, 0.717) is 13.1 Å². The molecule has 0 radical (unpaired) electrons. The van der Waals surface area contributed by atoms with Crippen molar-refractivity contribution >= 4 is 12.1 Å². The van der Waals surface area contributed by atoms with Gasteiger partial charge in [0.2, 0.25) is 0 Å². The number of amides is 4. The van der Waals surface area contributed by atoms with E-state index in [1.54, 1.807) is 14.1 Å². The summed E-state index contributed by atoms with van der Waals surface area (Å²) in [4.78, 5) is 24.8. The van der Waals surface area contributed by atoms with Crippen molar-refractivity contribution in [3.8, 4) is 0 Å². The zero-order valence-electron chi connectivity index (χ0n) is 6.63. The first-order chi connectivity index (χ1) is 5.11. The lowest BCUT2D eigenvalue weighted by atomic mass is 10.5. The average Bonchev–Trinajstić information content (AvgIpc) is 2.05. The number of carbonyl (C=O) groups excluding carboxylic acids is 2. The maximum Gasteiger partial charge on any atom is 0.325 e. The summed E-state index contributed by atoms with van der Waals surface area (Å²) in [6.45, 7) is 1.15. The number of hydrogen-bond donors (Lipinski definition) is 1. The van der Waals surface area contributed by atoms with Crippen LogP contribution in [0.3, 0.4) is 0 Å². The predicted octanol–water partition coefficient (Wildman–Crippen LogP) is -0.307. The zero-order valence-corrected chi connectivity index (χ0v) is 6.63. The van der Waals surface area contributed by atoms with Gasteiger partial charge in [-0.2, -0.15) is 0 Å². The minimum Gasteiger partial charge on any atom is -0.326 e. The van der Waals surface area contributed by atoms with Crippen molar-refractivity contribution in [2.75, 3.05) is 27.2 Å². The molecule has 62 valence electrons. The summed E-state index contributed by atoms with van der Waals surface area (Å²) in [5.41, 5.74) is 0. The van der Waals surface area contributed by atoms with Crippen LogP contribution in [0.5, 0.6) is 0 Å². The second-order valence-corrected chi connectivity index (χ2v) is 2.58. The van der Waals surface area contributed by atoms with E-state index in [4.69, 9.17) is 0 Å². The molecule has 1 saturated heterocycles. The molecule has 5 nitrogen and oxygen atoms in total. The molecule has 0 aromatic heterocycles. The molecule has 4 amide bonds. The largest absolute Gasteiger partial charge is 0.326 e. The highest BCUT2D eigenvalue weighted by Crippen LogP contribution is 1.94. The van der Waals surface area contributed by atoms with Gasteiger partial charge in [-0.1, -0.05) is 0 Å². The number of carbonyl (C=O) groups is 2. The first-order valence-electron chi connectivity index (χ1n) is 3.38. The lowest BCUT2D eigenvalue weighted by Crippen LogP contribution is -2.40. The molecule has 0 aromatic rings. The summed E-state index contributed by atoms with van der Waals surface area (Å²) in [5, 5.41) is 2.22. The molecule has 0 bridgehead atoms. The molecule has 1 heterocycles. The summed E-state index contributed by atoms with van der Waals surface area (Å²) in [6.07, 6.45) is 0. The summed E-state index contributed by atoms with van der Waals surface area (Å²) >= 11 is 0. The second-order valence-electron chi connectivity index (χ2n) is 2.58. The van der Waals surface area contributed by atoms with Crippen LogP contribution >= 0.6 is 0 Å². The predicted molar refractivity (Wildman–Crippen MR) is 39.2 cm³/mol. The van der Waals surface area contributed by atoms with Gasteiger partial charge in [0, 0.05) is 27.2 Å². The van der Waals surface area contributed by atoms with Crippen molar-refractivity contribution in [3.05, 3.63) is 0 Å². The van der Waals surface area contributed by atoms with E-state index in [9.17, 15) is 9.59 Å². The van der Waals surface area contributed by atoms with Crippen molar-refractivity contribution in [1.29, 1.82) is 0 Å². The molecule has 1 fully saturated rings. The first kappa shape index (κ1) is 7.84. The Labute approximate surface area is 65.0 Å².